The molecule has 4 nitrogen and oxygen atoms in total. The van der Waals surface area contributed by atoms with Gasteiger partial charge in [-0.3, -0.25) is 9.69 Å². The molecule has 1 aromatic carbocycles. The number of rotatable bonds is 5. The highest BCUT2D eigenvalue weighted by atomic mass is 35.5. The Morgan fingerprint density at radius 1 is 1.29 bits per heavy atom. The van der Waals surface area contributed by atoms with Crippen molar-refractivity contribution in [1.29, 1.82) is 0 Å². The van der Waals surface area contributed by atoms with Crippen LogP contribution in [0.2, 0.25) is 0 Å². The largest absolute Gasteiger partial charge is 0.355 e. The maximum atomic E-state index is 12.1. The maximum absolute atomic E-state index is 12.1. The van der Waals surface area contributed by atoms with Crippen molar-refractivity contribution in [3.05, 3.63) is 35.4 Å². The van der Waals surface area contributed by atoms with Crippen molar-refractivity contribution >= 4 is 18.3 Å². The van der Waals surface area contributed by atoms with Gasteiger partial charge in [-0.25, -0.2) is 0 Å². The lowest BCUT2D eigenvalue weighted by molar-refractivity contribution is -0.122. The second-order valence-electron chi connectivity index (χ2n) is 7.57. The molecule has 1 atom stereocenters. The molecule has 0 radical (unpaired) electrons. The Morgan fingerprint density at radius 2 is 1.96 bits per heavy atom. The second-order valence-corrected chi connectivity index (χ2v) is 7.57. The molecule has 1 heterocycles. The summed E-state index contributed by atoms with van der Waals surface area (Å²) in [6.07, 6.45) is 0.882. The molecule has 2 rings (SSSR count). The van der Waals surface area contributed by atoms with Gasteiger partial charge >= 0.3 is 0 Å². The molecule has 24 heavy (non-hydrogen) atoms. The fraction of sp³-hybridized carbons (Fsp3) is 0.632. The Bertz CT molecular complexity index is 510. The molecule has 1 amide bonds. The van der Waals surface area contributed by atoms with Crippen LogP contribution in [0.25, 0.3) is 0 Å². The molecule has 0 unspecified atom stereocenters. The molecule has 2 N–H and O–H groups in total. The first-order valence-corrected chi connectivity index (χ1v) is 8.67. The van der Waals surface area contributed by atoms with Crippen molar-refractivity contribution in [1.82, 2.24) is 15.5 Å². The van der Waals surface area contributed by atoms with E-state index in [0.717, 1.165) is 26.1 Å². The lowest BCUT2D eigenvalue weighted by atomic mass is 9.86. The van der Waals surface area contributed by atoms with Crippen LogP contribution in [0.5, 0.6) is 0 Å². The monoisotopic (exact) mass is 353 g/mol. The maximum Gasteiger partial charge on any atom is 0.234 e. The molecule has 1 aliphatic heterocycles. The van der Waals surface area contributed by atoms with Crippen LogP contribution in [-0.4, -0.2) is 49.6 Å². The summed E-state index contributed by atoms with van der Waals surface area (Å²) in [4.78, 5) is 14.3. The molecular weight excluding hydrogens is 322 g/mol. The number of hydrogen-bond acceptors (Lipinski definition) is 3. The van der Waals surface area contributed by atoms with E-state index in [1.807, 2.05) is 0 Å². The zero-order chi connectivity index (χ0) is 16.9. The fourth-order valence-electron chi connectivity index (χ4n) is 2.88. The standard InChI is InChI=1S/C19H31N3O.ClH/c1-15-13-20-11-12-22(15)14-18(23)21-10-9-16-5-7-17(8-6-16)19(2,3)4;/h5-8,15,20H,9-14H2,1-4H3,(H,21,23);1H/t15-;/m0./s1. The van der Waals surface area contributed by atoms with Gasteiger partial charge in [-0.05, 0) is 29.9 Å². The summed E-state index contributed by atoms with van der Waals surface area (Å²) in [5.74, 6) is 0.130. The summed E-state index contributed by atoms with van der Waals surface area (Å²) in [5.41, 5.74) is 2.80. The Labute approximate surface area is 152 Å². The molecular formula is C19H32ClN3O. The zero-order valence-corrected chi connectivity index (χ0v) is 16.2. The topological polar surface area (TPSA) is 44.4 Å². The van der Waals surface area contributed by atoms with Gasteiger partial charge in [0, 0.05) is 32.2 Å². The molecule has 0 aromatic heterocycles. The third-order valence-electron chi connectivity index (χ3n) is 4.54. The number of carbonyl (C=O) groups excluding carboxylic acids is 1. The molecule has 1 aromatic rings. The second kappa shape index (κ2) is 9.40. The third-order valence-corrected chi connectivity index (χ3v) is 4.54. The average Bonchev–Trinajstić information content (AvgIpc) is 2.49. The van der Waals surface area contributed by atoms with Crippen LogP contribution in [0.4, 0.5) is 0 Å². The summed E-state index contributed by atoms with van der Waals surface area (Å²) < 4.78 is 0. The van der Waals surface area contributed by atoms with E-state index in [-0.39, 0.29) is 23.7 Å². The summed E-state index contributed by atoms with van der Waals surface area (Å²) in [5, 5.41) is 6.39. The molecule has 1 saturated heterocycles. The van der Waals surface area contributed by atoms with E-state index < -0.39 is 0 Å². The Hall–Kier alpha value is -1.10. The number of hydrogen-bond donors (Lipinski definition) is 2. The van der Waals surface area contributed by atoms with E-state index in [2.05, 4.69) is 67.5 Å². The minimum absolute atomic E-state index is 0. The summed E-state index contributed by atoms with van der Waals surface area (Å²) in [6, 6.07) is 9.16. The first kappa shape index (κ1) is 20.9. The Balaban J connectivity index is 0.00000288. The normalized spacial score (nSPS) is 18.8. The van der Waals surface area contributed by atoms with Crippen LogP contribution in [0.15, 0.2) is 24.3 Å². The van der Waals surface area contributed by atoms with Gasteiger partial charge in [0.2, 0.25) is 5.91 Å². The first-order valence-electron chi connectivity index (χ1n) is 8.67. The molecule has 0 bridgehead atoms. The quantitative estimate of drug-likeness (QED) is 0.854. The van der Waals surface area contributed by atoms with Gasteiger partial charge in [0.15, 0.2) is 0 Å². The highest BCUT2D eigenvalue weighted by molar-refractivity contribution is 5.85. The van der Waals surface area contributed by atoms with E-state index in [1.165, 1.54) is 11.1 Å². The molecule has 0 spiro atoms. The van der Waals surface area contributed by atoms with E-state index in [1.54, 1.807) is 0 Å². The van der Waals surface area contributed by atoms with Crippen molar-refractivity contribution in [3.63, 3.8) is 0 Å². The van der Waals surface area contributed by atoms with Crippen molar-refractivity contribution in [3.8, 4) is 0 Å². The van der Waals surface area contributed by atoms with Crippen LogP contribution >= 0.6 is 12.4 Å². The summed E-state index contributed by atoms with van der Waals surface area (Å²) in [6.45, 7) is 12.9. The molecule has 0 aliphatic carbocycles. The Morgan fingerprint density at radius 3 is 2.54 bits per heavy atom. The van der Waals surface area contributed by atoms with Gasteiger partial charge in [-0.15, -0.1) is 12.4 Å². The molecule has 0 saturated carbocycles. The van der Waals surface area contributed by atoms with Crippen LogP contribution < -0.4 is 10.6 Å². The molecule has 1 aliphatic rings. The van der Waals surface area contributed by atoms with Crippen LogP contribution in [0.3, 0.4) is 0 Å². The van der Waals surface area contributed by atoms with E-state index >= 15 is 0 Å². The number of nitrogens with one attached hydrogen (secondary N) is 2. The average molecular weight is 354 g/mol. The lowest BCUT2D eigenvalue weighted by Crippen LogP contribution is -2.52. The number of carbonyl (C=O) groups is 1. The SMILES string of the molecule is C[C@H]1CNCCN1CC(=O)NCCc1ccc(C(C)(C)C)cc1.Cl. The summed E-state index contributed by atoms with van der Waals surface area (Å²) in [7, 11) is 0. The lowest BCUT2D eigenvalue weighted by Gasteiger charge is -2.33. The van der Waals surface area contributed by atoms with E-state index in [9.17, 15) is 4.79 Å². The van der Waals surface area contributed by atoms with Crippen molar-refractivity contribution in [2.75, 3.05) is 32.7 Å². The van der Waals surface area contributed by atoms with Crippen LogP contribution in [-0.2, 0) is 16.6 Å². The minimum Gasteiger partial charge on any atom is -0.355 e. The molecule has 5 heteroatoms. The highest BCUT2D eigenvalue weighted by Crippen LogP contribution is 2.22. The number of nitrogens with zero attached hydrogens (tertiary/aromatic N) is 1. The van der Waals surface area contributed by atoms with E-state index in [4.69, 9.17) is 0 Å². The Kier molecular flexibility index (Phi) is 8.20. The van der Waals surface area contributed by atoms with Crippen LogP contribution in [0.1, 0.15) is 38.8 Å². The molecule has 136 valence electrons. The van der Waals surface area contributed by atoms with Gasteiger partial charge in [0.1, 0.15) is 0 Å². The number of halogens is 1. The van der Waals surface area contributed by atoms with E-state index in [0.29, 0.717) is 19.1 Å². The fourth-order valence-corrected chi connectivity index (χ4v) is 2.88. The number of benzene rings is 1. The predicted molar refractivity (Wildman–Crippen MR) is 103 cm³/mol. The zero-order valence-electron chi connectivity index (χ0n) is 15.4. The smallest absolute Gasteiger partial charge is 0.234 e. The van der Waals surface area contributed by atoms with Crippen molar-refractivity contribution in [2.24, 2.45) is 0 Å². The van der Waals surface area contributed by atoms with Crippen molar-refractivity contribution < 1.29 is 4.79 Å². The van der Waals surface area contributed by atoms with Crippen LogP contribution in [0, 0.1) is 0 Å². The first-order chi connectivity index (χ1) is 10.9. The highest BCUT2D eigenvalue weighted by Gasteiger charge is 2.19. The van der Waals surface area contributed by atoms with Gasteiger partial charge in [0.25, 0.3) is 0 Å². The predicted octanol–water partition coefficient (Wildman–Crippen LogP) is 2.36. The van der Waals surface area contributed by atoms with Gasteiger partial charge in [-0.2, -0.15) is 0 Å². The van der Waals surface area contributed by atoms with Crippen molar-refractivity contribution in [2.45, 2.75) is 45.6 Å². The number of amides is 1. The van der Waals surface area contributed by atoms with Gasteiger partial charge in [-0.1, -0.05) is 45.0 Å². The van der Waals surface area contributed by atoms with Gasteiger partial charge < -0.3 is 10.6 Å². The third kappa shape index (κ3) is 6.42. The van der Waals surface area contributed by atoms with Gasteiger partial charge in [0.05, 0.1) is 6.54 Å². The minimum atomic E-state index is 0. The number of piperazine rings is 1. The summed E-state index contributed by atoms with van der Waals surface area (Å²) >= 11 is 0. The molecule has 1 fully saturated rings.